The third-order valence-electron chi connectivity index (χ3n) is 5.50. The molecule has 0 fully saturated rings. The fourth-order valence-electron chi connectivity index (χ4n) is 3.93. The lowest BCUT2D eigenvalue weighted by Crippen LogP contribution is -2.65. The monoisotopic (exact) mass is 421 g/mol. The highest BCUT2D eigenvalue weighted by Crippen LogP contribution is 2.45. The first kappa shape index (κ1) is 21.7. The van der Waals surface area contributed by atoms with E-state index in [0.717, 1.165) is 22.3 Å². The molecule has 30 heavy (non-hydrogen) atoms. The lowest BCUT2D eigenvalue weighted by atomic mass is 9.97. The van der Waals surface area contributed by atoms with Crippen molar-refractivity contribution >= 4 is 12.1 Å². The molecule has 0 saturated carbocycles. The van der Waals surface area contributed by atoms with Crippen LogP contribution in [0.2, 0.25) is 0 Å². The second-order valence-electron chi connectivity index (χ2n) is 7.64. The van der Waals surface area contributed by atoms with Crippen LogP contribution in [0, 0.1) is 0 Å². The Morgan fingerprint density at radius 2 is 1.50 bits per heavy atom. The normalized spacial score (nSPS) is 15.3. The van der Waals surface area contributed by atoms with Crippen molar-refractivity contribution in [2.75, 3.05) is 6.61 Å². The Morgan fingerprint density at radius 3 is 1.90 bits per heavy atom. The molecule has 1 aliphatic carbocycles. The van der Waals surface area contributed by atoms with E-state index in [1.807, 2.05) is 48.5 Å². The lowest BCUT2D eigenvalue weighted by molar-refractivity contribution is -0.231. The molecule has 0 spiro atoms. The number of carbonyl (C=O) groups is 2. The van der Waals surface area contributed by atoms with E-state index in [9.17, 15) is 27.9 Å². The molecule has 160 valence electrons. The number of fused-ring (bicyclic) bond motifs is 3. The van der Waals surface area contributed by atoms with Crippen molar-refractivity contribution in [3.8, 4) is 11.1 Å². The quantitative estimate of drug-likeness (QED) is 0.734. The fraction of sp³-hybridized carbons (Fsp3) is 0.364. The van der Waals surface area contributed by atoms with Crippen molar-refractivity contribution < 1.29 is 32.6 Å². The predicted molar refractivity (Wildman–Crippen MR) is 104 cm³/mol. The molecule has 1 atom stereocenters. The van der Waals surface area contributed by atoms with Crippen molar-refractivity contribution in [2.24, 2.45) is 0 Å². The summed E-state index contributed by atoms with van der Waals surface area (Å²) in [5.41, 5.74) is 0.337. The van der Waals surface area contributed by atoms with Crippen LogP contribution in [-0.2, 0) is 9.53 Å². The van der Waals surface area contributed by atoms with Gasteiger partial charge in [0.05, 0.1) is 0 Å². The molecule has 0 heterocycles. The number of nitrogens with zero attached hydrogens (tertiary/aromatic N) is 1. The van der Waals surface area contributed by atoms with Crippen LogP contribution in [0.5, 0.6) is 0 Å². The smallest absolute Gasteiger partial charge is 0.422 e. The zero-order valence-electron chi connectivity index (χ0n) is 16.7. The van der Waals surface area contributed by atoms with Crippen LogP contribution in [0.3, 0.4) is 0 Å². The number of carboxylic acids is 1. The van der Waals surface area contributed by atoms with Gasteiger partial charge >= 0.3 is 18.2 Å². The Labute approximate surface area is 172 Å². The molecule has 1 N–H and O–H groups in total. The molecular weight excluding hydrogens is 399 g/mol. The van der Waals surface area contributed by atoms with E-state index in [2.05, 4.69) is 0 Å². The number of alkyl halides is 3. The van der Waals surface area contributed by atoms with Crippen molar-refractivity contribution in [2.45, 2.75) is 44.4 Å². The number of carboxylic acid groups (broad SMARTS) is 1. The van der Waals surface area contributed by atoms with Gasteiger partial charge in [-0.25, -0.2) is 9.59 Å². The highest BCUT2D eigenvalue weighted by molar-refractivity contribution is 5.85. The Hall–Kier alpha value is -3.03. The zero-order chi connectivity index (χ0) is 22.3. The van der Waals surface area contributed by atoms with E-state index in [-0.39, 0.29) is 17.4 Å². The molecule has 0 bridgehead atoms. The van der Waals surface area contributed by atoms with Crippen LogP contribution in [0.15, 0.2) is 48.5 Å². The van der Waals surface area contributed by atoms with Crippen molar-refractivity contribution in [1.29, 1.82) is 0 Å². The topological polar surface area (TPSA) is 66.8 Å². The van der Waals surface area contributed by atoms with E-state index in [1.165, 1.54) is 13.8 Å². The maximum atomic E-state index is 13.6. The minimum atomic E-state index is -5.19. The Balaban J connectivity index is 1.89. The summed E-state index contributed by atoms with van der Waals surface area (Å²) < 4.78 is 46.2. The van der Waals surface area contributed by atoms with E-state index in [0.29, 0.717) is 6.92 Å². The van der Waals surface area contributed by atoms with E-state index in [4.69, 9.17) is 4.74 Å². The van der Waals surface area contributed by atoms with Gasteiger partial charge in [0.15, 0.2) is 0 Å². The fourth-order valence-corrected chi connectivity index (χ4v) is 3.93. The first-order chi connectivity index (χ1) is 14.0. The highest BCUT2D eigenvalue weighted by atomic mass is 19.4. The molecule has 8 heteroatoms. The minimum Gasteiger partial charge on any atom is -0.479 e. The minimum absolute atomic E-state index is 0.205. The van der Waals surface area contributed by atoms with Gasteiger partial charge in [-0.2, -0.15) is 13.2 Å². The molecule has 1 unspecified atom stereocenters. The zero-order valence-corrected chi connectivity index (χ0v) is 16.7. The summed E-state index contributed by atoms with van der Waals surface area (Å²) in [6, 6.07) is 14.0. The largest absolute Gasteiger partial charge is 0.479 e. The van der Waals surface area contributed by atoms with Gasteiger partial charge in [0.2, 0.25) is 5.54 Å². The van der Waals surface area contributed by atoms with Crippen LogP contribution in [0.1, 0.15) is 37.8 Å². The number of hydrogen-bond acceptors (Lipinski definition) is 3. The average Bonchev–Trinajstić information content (AvgIpc) is 2.99. The van der Waals surface area contributed by atoms with Gasteiger partial charge in [-0.1, -0.05) is 48.5 Å². The average molecular weight is 421 g/mol. The number of amides is 1. The maximum absolute atomic E-state index is 13.6. The molecule has 5 nitrogen and oxygen atoms in total. The molecule has 0 aromatic heterocycles. The van der Waals surface area contributed by atoms with Crippen LogP contribution in [0.4, 0.5) is 18.0 Å². The third-order valence-corrected chi connectivity index (χ3v) is 5.50. The van der Waals surface area contributed by atoms with E-state index in [1.54, 1.807) is 0 Å². The van der Waals surface area contributed by atoms with E-state index >= 15 is 0 Å². The Morgan fingerprint density at radius 1 is 1.03 bits per heavy atom. The molecule has 0 radical (unpaired) electrons. The summed E-state index contributed by atoms with van der Waals surface area (Å²) in [6.07, 6.45) is -6.51. The summed E-state index contributed by atoms with van der Waals surface area (Å²) >= 11 is 0. The number of aliphatic carboxylic acids is 1. The van der Waals surface area contributed by atoms with Gasteiger partial charge in [-0.3, -0.25) is 4.90 Å². The van der Waals surface area contributed by atoms with Crippen LogP contribution >= 0.6 is 0 Å². The van der Waals surface area contributed by atoms with Gasteiger partial charge in [0.25, 0.3) is 0 Å². The Bertz CT molecular complexity index is 927. The summed E-state index contributed by atoms with van der Waals surface area (Å²) in [6.45, 7) is 2.89. The number of halogens is 3. The third kappa shape index (κ3) is 3.40. The number of carbonyl (C=O) groups excluding carboxylic acids is 1. The number of hydrogen-bond donors (Lipinski definition) is 1. The van der Waals surface area contributed by atoms with Crippen molar-refractivity contribution in [3.63, 3.8) is 0 Å². The predicted octanol–water partition coefficient (Wildman–Crippen LogP) is 5.05. The van der Waals surface area contributed by atoms with Gasteiger partial charge in [-0.15, -0.1) is 0 Å². The van der Waals surface area contributed by atoms with Crippen molar-refractivity contribution in [1.82, 2.24) is 4.90 Å². The summed E-state index contributed by atoms with van der Waals surface area (Å²) in [5.74, 6) is -2.52. The van der Waals surface area contributed by atoms with Gasteiger partial charge in [-0.05, 0) is 43.0 Å². The molecule has 2 aromatic carbocycles. The number of ether oxygens (including phenoxy) is 1. The standard InChI is InChI=1S/C22H22F3NO4/c1-13(2)26(21(3,19(27)28)22(23,24)25)20(29)30-12-18-16-10-6-4-8-14(16)15-9-5-7-11-17(15)18/h4-11,13,18H,12H2,1-3H3,(H,27,28). The molecule has 0 aliphatic heterocycles. The molecule has 1 aliphatic rings. The molecule has 0 saturated heterocycles. The summed E-state index contributed by atoms with van der Waals surface area (Å²) in [4.78, 5) is 24.5. The van der Waals surface area contributed by atoms with Crippen LogP contribution in [-0.4, -0.2) is 46.4 Å². The molecule has 3 rings (SSSR count). The SMILES string of the molecule is CC(C)N(C(=O)OCC1c2ccccc2-c2ccccc21)C(C)(C(=O)O)C(F)(F)F. The van der Waals surface area contributed by atoms with Gasteiger partial charge in [0, 0.05) is 12.0 Å². The van der Waals surface area contributed by atoms with Crippen LogP contribution in [0.25, 0.3) is 11.1 Å². The molecule has 2 aromatic rings. The van der Waals surface area contributed by atoms with Gasteiger partial charge in [0.1, 0.15) is 6.61 Å². The Kier molecular flexibility index (Phi) is 5.54. The number of rotatable bonds is 5. The summed E-state index contributed by atoms with van der Waals surface area (Å²) in [5, 5.41) is 9.31. The summed E-state index contributed by atoms with van der Waals surface area (Å²) in [7, 11) is 0. The highest BCUT2D eigenvalue weighted by Gasteiger charge is 2.63. The second kappa shape index (κ2) is 7.66. The van der Waals surface area contributed by atoms with E-state index < -0.39 is 29.8 Å². The van der Waals surface area contributed by atoms with Crippen LogP contribution < -0.4 is 0 Å². The first-order valence-corrected chi connectivity index (χ1v) is 9.44. The second-order valence-corrected chi connectivity index (χ2v) is 7.64. The van der Waals surface area contributed by atoms with Gasteiger partial charge < -0.3 is 9.84 Å². The molecule has 1 amide bonds. The first-order valence-electron chi connectivity index (χ1n) is 9.44. The van der Waals surface area contributed by atoms with Crippen molar-refractivity contribution in [3.05, 3.63) is 59.7 Å². The lowest BCUT2D eigenvalue weighted by Gasteiger charge is -2.40. The number of benzene rings is 2. The maximum Gasteiger partial charge on any atom is 0.422 e. The molecular formula is C22H22F3NO4.